The Balaban J connectivity index is 1.76. The zero-order valence-corrected chi connectivity index (χ0v) is 11.7. The third kappa shape index (κ3) is 2.02. The van der Waals surface area contributed by atoms with Crippen LogP contribution in [0.1, 0.15) is 0 Å². The van der Waals surface area contributed by atoms with Gasteiger partial charge in [-0.2, -0.15) is 4.99 Å². The van der Waals surface area contributed by atoms with Gasteiger partial charge in [-0.3, -0.25) is 9.98 Å². The van der Waals surface area contributed by atoms with Gasteiger partial charge in [0.25, 0.3) is 11.8 Å². The molecule has 0 aliphatic carbocycles. The Morgan fingerprint density at radius 3 is 2.73 bits per heavy atom. The molecule has 0 spiro atoms. The van der Waals surface area contributed by atoms with Crippen molar-refractivity contribution in [2.45, 2.75) is 0 Å². The average Bonchev–Trinajstić information content (AvgIpc) is 2.96. The van der Waals surface area contributed by atoms with Crippen molar-refractivity contribution in [1.82, 2.24) is 9.58 Å². The molecule has 0 saturated carbocycles. The number of quaternary nitrogens is 1. The largest absolute Gasteiger partial charge is 0.320 e. The lowest BCUT2D eigenvalue weighted by atomic mass is 10.3. The molecule has 0 amide bonds. The molecule has 2 aliphatic heterocycles. The number of guanidine groups is 1. The van der Waals surface area contributed by atoms with E-state index in [4.69, 9.17) is 5.10 Å². The Morgan fingerprint density at radius 1 is 1.00 bits per heavy atom. The number of pyridine rings is 1. The first-order valence-corrected chi connectivity index (χ1v) is 6.89. The second-order valence-corrected chi connectivity index (χ2v) is 4.86. The minimum absolute atomic E-state index is 0.145. The van der Waals surface area contributed by atoms with E-state index in [1.807, 2.05) is 48.7 Å². The SMILES string of the molecule is C1=C[N+]2(c3cccnc3)N=C(Nc3ccccc3)N=C2C=N1. The Kier molecular flexibility index (Phi) is 2.87. The lowest BCUT2D eigenvalue weighted by Crippen LogP contribution is -2.44. The number of aromatic nitrogens is 1. The van der Waals surface area contributed by atoms with Gasteiger partial charge in [-0.25, -0.2) is 0 Å². The van der Waals surface area contributed by atoms with Gasteiger partial charge in [0.15, 0.2) is 11.9 Å². The second-order valence-electron chi connectivity index (χ2n) is 4.86. The molecule has 22 heavy (non-hydrogen) atoms. The number of benzene rings is 1. The zero-order valence-electron chi connectivity index (χ0n) is 11.7. The van der Waals surface area contributed by atoms with Crippen LogP contribution in [0.3, 0.4) is 0 Å². The van der Waals surface area contributed by atoms with E-state index in [9.17, 15) is 0 Å². The van der Waals surface area contributed by atoms with Crippen molar-refractivity contribution in [2.24, 2.45) is 15.1 Å². The Labute approximate surface area is 127 Å². The lowest BCUT2D eigenvalue weighted by Gasteiger charge is -2.23. The highest BCUT2D eigenvalue weighted by atomic mass is 15.7. The average molecular weight is 289 g/mol. The molecule has 1 N–H and O–H groups in total. The summed E-state index contributed by atoms with van der Waals surface area (Å²) >= 11 is 0. The maximum Gasteiger partial charge on any atom is 0.287 e. The van der Waals surface area contributed by atoms with Crippen LogP contribution in [0.5, 0.6) is 0 Å². The van der Waals surface area contributed by atoms with Gasteiger partial charge in [0.2, 0.25) is 0 Å². The highest BCUT2D eigenvalue weighted by molar-refractivity contribution is 6.38. The number of hydrogen-bond acceptors (Lipinski definition) is 5. The molecular weight excluding hydrogens is 276 g/mol. The summed E-state index contributed by atoms with van der Waals surface area (Å²) in [7, 11) is 0. The van der Waals surface area contributed by atoms with Gasteiger partial charge in [-0.05, 0) is 23.3 Å². The van der Waals surface area contributed by atoms with Crippen molar-refractivity contribution in [1.29, 1.82) is 0 Å². The van der Waals surface area contributed by atoms with Crippen molar-refractivity contribution >= 4 is 29.4 Å². The van der Waals surface area contributed by atoms with Gasteiger partial charge < -0.3 is 5.32 Å². The van der Waals surface area contributed by atoms with Crippen LogP contribution in [0.2, 0.25) is 0 Å². The summed E-state index contributed by atoms with van der Waals surface area (Å²) in [6.45, 7) is 0. The van der Waals surface area contributed by atoms with E-state index in [2.05, 4.69) is 20.3 Å². The summed E-state index contributed by atoms with van der Waals surface area (Å²) in [5, 5.41) is 7.95. The minimum Gasteiger partial charge on any atom is -0.320 e. The number of nitrogens with one attached hydrogen (secondary N) is 1. The molecule has 2 aliphatic rings. The maximum atomic E-state index is 4.73. The summed E-state index contributed by atoms with van der Waals surface area (Å²) in [6, 6.07) is 13.7. The van der Waals surface area contributed by atoms with E-state index in [1.54, 1.807) is 24.8 Å². The Bertz CT molecular complexity index is 807. The fourth-order valence-electron chi connectivity index (χ4n) is 2.41. The summed E-state index contributed by atoms with van der Waals surface area (Å²) in [6.07, 6.45) is 8.85. The molecule has 1 aromatic heterocycles. The van der Waals surface area contributed by atoms with Crippen LogP contribution in [-0.4, -0.2) is 23.0 Å². The molecule has 4 rings (SSSR count). The van der Waals surface area contributed by atoms with Crippen LogP contribution < -0.4 is 9.91 Å². The van der Waals surface area contributed by atoms with Crippen LogP contribution in [0.4, 0.5) is 11.4 Å². The summed E-state index contributed by atoms with van der Waals surface area (Å²) in [5.41, 5.74) is 1.85. The number of fused-ring (bicyclic) bond motifs is 1. The molecule has 1 aromatic carbocycles. The van der Waals surface area contributed by atoms with Crippen LogP contribution in [0.25, 0.3) is 0 Å². The molecular formula is C16H13N6+. The number of hydrogen-bond donors (Lipinski definition) is 1. The monoisotopic (exact) mass is 289 g/mol. The number of anilines is 1. The number of aliphatic imine (C=N–C) groups is 2. The van der Waals surface area contributed by atoms with Gasteiger partial charge in [0.05, 0.1) is 12.4 Å². The first-order valence-electron chi connectivity index (χ1n) is 6.89. The fourth-order valence-corrected chi connectivity index (χ4v) is 2.41. The minimum atomic E-state index is 0.145. The topological polar surface area (TPSA) is 62.0 Å². The number of para-hydroxylation sites is 1. The summed E-state index contributed by atoms with van der Waals surface area (Å²) < 4.78 is 0.145. The van der Waals surface area contributed by atoms with Crippen molar-refractivity contribution in [3.63, 3.8) is 0 Å². The number of nitrogens with zero attached hydrogens (tertiary/aromatic N) is 5. The van der Waals surface area contributed by atoms with E-state index >= 15 is 0 Å². The molecule has 1 atom stereocenters. The Morgan fingerprint density at radius 2 is 1.91 bits per heavy atom. The van der Waals surface area contributed by atoms with E-state index in [0.29, 0.717) is 5.96 Å². The van der Waals surface area contributed by atoms with Gasteiger partial charge in [0, 0.05) is 18.0 Å². The summed E-state index contributed by atoms with van der Waals surface area (Å²) in [4.78, 5) is 12.9. The molecule has 0 saturated heterocycles. The van der Waals surface area contributed by atoms with Crippen molar-refractivity contribution in [3.8, 4) is 0 Å². The third-order valence-electron chi connectivity index (χ3n) is 3.45. The Hall–Kier alpha value is -3.12. The summed E-state index contributed by atoms with van der Waals surface area (Å²) in [5.74, 6) is 1.27. The van der Waals surface area contributed by atoms with E-state index in [1.165, 1.54) is 0 Å². The highest BCUT2D eigenvalue weighted by Gasteiger charge is 2.42. The van der Waals surface area contributed by atoms with Crippen molar-refractivity contribution in [2.75, 3.05) is 5.32 Å². The quantitative estimate of drug-likeness (QED) is 0.864. The second kappa shape index (κ2) is 5.01. The van der Waals surface area contributed by atoms with E-state index in [-0.39, 0.29) is 4.59 Å². The highest BCUT2D eigenvalue weighted by Crippen LogP contribution is 2.30. The predicted molar refractivity (Wildman–Crippen MR) is 88.6 cm³/mol. The molecule has 0 bridgehead atoms. The smallest absolute Gasteiger partial charge is 0.287 e. The first kappa shape index (κ1) is 12.6. The van der Waals surface area contributed by atoms with Crippen LogP contribution in [0, 0.1) is 0 Å². The maximum absolute atomic E-state index is 4.73. The number of rotatable bonds is 2. The van der Waals surface area contributed by atoms with Gasteiger partial charge in [0.1, 0.15) is 6.21 Å². The molecule has 6 nitrogen and oxygen atoms in total. The third-order valence-corrected chi connectivity index (χ3v) is 3.45. The fraction of sp³-hybridized carbons (Fsp3) is 0. The normalized spacial score (nSPS) is 22.0. The van der Waals surface area contributed by atoms with E-state index in [0.717, 1.165) is 17.2 Å². The first-order chi connectivity index (χ1) is 10.9. The predicted octanol–water partition coefficient (Wildman–Crippen LogP) is 2.74. The van der Waals surface area contributed by atoms with Crippen LogP contribution >= 0.6 is 0 Å². The standard InChI is InChI=1S/C16H13N6/c1-2-5-13(6-3-1)19-16-20-15-12-18-9-10-22(15,21-16)14-7-4-8-17-11-14/h1-12H,(H,19,21)/q+1. The molecule has 3 heterocycles. The van der Waals surface area contributed by atoms with Crippen LogP contribution in [-0.2, 0) is 0 Å². The van der Waals surface area contributed by atoms with Crippen molar-refractivity contribution < 1.29 is 0 Å². The zero-order chi connectivity index (χ0) is 14.8. The van der Waals surface area contributed by atoms with E-state index < -0.39 is 0 Å². The molecule has 1 unspecified atom stereocenters. The molecule has 106 valence electrons. The van der Waals surface area contributed by atoms with Crippen molar-refractivity contribution in [3.05, 3.63) is 67.3 Å². The molecule has 6 heteroatoms. The van der Waals surface area contributed by atoms with Gasteiger partial charge in [-0.1, -0.05) is 22.8 Å². The van der Waals surface area contributed by atoms with Gasteiger partial charge in [-0.15, -0.1) is 0 Å². The van der Waals surface area contributed by atoms with Crippen LogP contribution in [0.15, 0.2) is 82.3 Å². The molecule has 2 aromatic rings. The number of amidine groups is 1. The van der Waals surface area contributed by atoms with Gasteiger partial charge >= 0.3 is 0 Å². The lowest BCUT2D eigenvalue weighted by molar-refractivity contribution is 0.590. The molecule has 0 fully saturated rings. The molecule has 0 radical (unpaired) electrons.